The van der Waals surface area contributed by atoms with Crippen molar-refractivity contribution in [3.63, 3.8) is 0 Å². The SMILES string of the molecule is CC(=O)Oc1nc(C)c(OC(C)=O)nc1C. The maximum Gasteiger partial charge on any atom is 0.309 e. The maximum absolute atomic E-state index is 10.8. The van der Waals surface area contributed by atoms with Crippen molar-refractivity contribution < 1.29 is 19.1 Å². The number of rotatable bonds is 2. The molecule has 0 aliphatic heterocycles. The number of aryl methyl sites for hydroxylation is 2. The number of carbonyl (C=O) groups is 2. The fraction of sp³-hybridized carbons (Fsp3) is 0.400. The molecule has 0 saturated heterocycles. The Balaban J connectivity index is 3.06. The maximum atomic E-state index is 10.8. The van der Waals surface area contributed by atoms with Gasteiger partial charge in [0.1, 0.15) is 11.4 Å². The standard InChI is InChI=1S/C10H12N2O4/c1-5-9(15-7(3)13)12-6(2)10(11-5)16-8(4)14/h1-4H3. The van der Waals surface area contributed by atoms with E-state index in [1.807, 2.05) is 0 Å². The first-order valence-corrected chi connectivity index (χ1v) is 4.62. The Labute approximate surface area is 92.6 Å². The lowest BCUT2D eigenvalue weighted by Crippen LogP contribution is -2.10. The Morgan fingerprint density at radius 1 is 0.875 bits per heavy atom. The third-order valence-corrected chi connectivity index (χ3v) is 1.64. The van der Waals surface area contributed by atoms with Gasteiger partial charge >= 0.3 is 11.9 Å². The summed E-state index contributed by atoms with van der Waals surface area (Å²) in [4.78, 5) is 29.5. The molecule has 0 unspecified atom stereocenters. The first-order chi connectivity index (χ1) is 7.40. The molecule has 0 amide bonds. The van der Waals surface area contributed by atoms with Gasteiger partial charge in [-0.05, 0) is 13.8 Å². The van der Waals surface area contributed by atoms with E-state index in [-0.39, 0.29) is 11.8 Å². The van der Waals surface area contributed by atoms with Crippen molar-refractivity contribution in [3.8, 4) is 11.8 Å². The van der Waals surface area contributed by atoms with Crippen LogP contribution in [0.3, 0.4) is 0 Å². The van der Waals surface area contributed by atoms with E-state index >= 15 is 0 Å². The van der Waals surface area contributed by atoms with Gasteiger partial charge in [-0.25, -0.2) is 9.97 Å². The van der Waals surface area contributed by atoms with Gasteiger partial charge in [0, 0.05) is 13.8 Å². The number of carbonyl (C=O) groups excluding carboxylic acids is 2. The lowest BCUT2D eigenvalue weighted by atomic mass is 10.4. The van der Waals surface area contributed by atoms with E-state index in [4.69, 9.17) is 9.47 Å². The molecule has 1 heterocycles. The van der Waals surface area contributed by atoms with Crippen LogP contribution in [0.4, 0.5) is 0 Å². The van der Waals surface area contributed by atoms with Crippen molar-refractivity contribution in [1.82, 2.24) is 9.97 Å². The quantitative estimate of drug-likeness (QED) is 0.696. The van der Waals surface area contributed by atoms with Crippen LogP contribution in [0.2, 0.25) is 0 Å². The first kappa shape index (κ1) is 12.1. The zero-order valence-electron chi connectivity index (χ0n) is 9.53. The molecule has 6 heteroatoms. The summed E-state index contributed by atoms with van der Waals surface area (Å²) in [5.74, 6) is -0.698. The van der Waals surface area contributed by atoms with Gasteiger partial charge in [-0.1, -0.05) is 0 Å². The van der Waals surface area contributed by atoms with E-state index in [2.05, 4.69) is 9.97 Å². The summed E-state index contributed by atoms with van der Waals surface area (Å²) >= 11 is 0. The molecular weight excluding hydrogens is 212 g/mol. The molecule has 0 bridgehead atoms. The van der Waals surface area contributed by atoms with Gasteiger partial charge in [0.25, 0.3) is 0 Å². The number of esters is 2. The molecular formula is C10H12N2O4. The van der Waals surface area contributed by atoms with E-state index < -0.39 is 11.9 Å². The molecule has 0 aliphatic rings. The third kappa shape index (κ3) is 3.01. The highest BCUT2D eigenvalue weighted by molar-refractivity contribution is 5.70. The lowest BCUT2D eigenvalue weighted by Gasteiger charge is -2.08. The van der Waals surface area contributed by atoms with Gasteiger partial charge in [0.05, 0.1) is 0 Å². The minimum absolute atomic E-state index is 0.126. The first-order valence-electron chi connectivity index (χ1n) is 4.62. The predicted octanol–water partition coefficient (Wildman–Crippen LogP) is 0.944. The molecule has 0 spiro atoms. The topological polar surface area (TPSA) is 78.4 Å². The second kappa shape index (κ2) is 4.69. The Morgan fingerprint density at radius 3 is 1.44 bits per heavy atom. The van der Waals surface area contributed by atoms with Gasteiger partial charge in [0.2, 0.25) is 11.8 Å². The zero-order valence-corrected chi connectivity index (χ0v) is 9.53. The molecule has 0 aliphatic carbocycles. The monoisotopic (exact) mass is 224 g/mol. The largest absolute Gasteiger partial charge is 0.406 e. The minimum Gasteiger partial charge on any atom is -0.406 e. The molecule has 1 aromatic rings. The molecule has 0 saturated carbocycles. The van der Waals surface area contributed by atoms with Crippen molar-refractivity contribution in [2.24, 2.45) is 0 Å². The highest BCUT2D eigenvalue weighted by Crippen LogP contribution is 2.20. The second-order valence-electron chi connectivity index (χ2n) is 3.19. The number of aromatic nitrogens is 2. The van der Waals surface area contributed by atoms with Crippen LogP contribution in [-0.2, 0) is 9.59 Å². The van der Waals surface area contributed by atoms with Gasteiger partial charge < -0.3 is 9.47 Å². The van der Waals surface area contributed by atoms with Gasteiger partial charge in [-0.3, -0.25) is 9.59 Å². The lowest BCUT2D eigenvalue weighted by molar-refractivity contribution is -0.133. The summed E-state index contributed by atoms with van der Waals surface area (Å²) in [6, 6.07) is 0. The fourth-order valence-electron chi connectivity index (χ4n) is 1.03. The van der Waals surface area contributed by atoms with Crippen LogP contribution in [-0.4, -0.2) is 21.9 Å². The van der Waals surface area contributed by atoms with E-state index in [0.717, 1.165) is 0 Å². The Morgan fingerprint density at radius 2 is 1.19 bits per heavy atom. The summed E-state index contributed by atoms with van der Waals surface area (Å²) in [6.07, 6.45) is 0. The van der Waals surface area contributed by atoms with Gasteiger partial charge in [0.15, 0.2) is 0 Å². The molecule has 1 aromatic heterocycles. The van der Waals surface area contributed by atoms with Crippen molar-refractivity contribution in [3.05, 3.63) is 11.4 Å². The Bertz CT molecular complexity index is 401. The molecule has 16 heavy (non-hydrogen) atoms. The van der Waals surface area contributed by atoms with Crippen molar-refractivity contribution in [2.45, 2.75) is 27.7 Å². The average Bonchev–Trinajstić information content (AvgIpc) is 2.11. The second-order valence-corrected chi connectivity index (χ2v) is 3.19. The molecule has 86 valence electrons. The smallest absolute Gasteiger partial charge is 0.309 e. The summed E-state index contributed by atoms with van der Waals surface area (Å²) < 4.78 is 9.67. The number of ether oxygens (including phenoxy) is 2. The van der Waals surface area contributed by atoms with Crippen LogP contribution in [0.25, 0.3) is 0 Å². The zero-order chi connectivity index (χ0) is 12.3. The Hall–Kier alpha value is -1.98. The number of hydrogen-bond donors (Lipinski definition) is 0. The molecule has 0 aromatic carbocycles. The van der Waals surface area contributed by atoms with E-state index in [0.29, 0.717) is 11.4 Å². The molecule has 0 atom stereocenters. The molecule has 0 fully saturated rings. The predicted molar refractivity (Wildman–Crippen MR) is 54.1 cm³/mol. The highest BCUT2D eigenvalue weighted by Gasteiger charge is 2.13. The summed E-state index contributed by atoms with van der Waals surface area (Å²) in [5.41, 5.74) is 0.772. The Kier molecular flexibility index (Phi) is 3.55. The van der Waals surface area contributed by atoms with E-state index in [9.17, 15) is 9.59 Å². The van der Waals surface area contributed by atoms with E-state index in [1.54, 1.807) is 13.8 Å². The van der Waals surface area contributed by atoms with Crippen LogP contribution in [0.5, 0.6) is 11.8 Å². The van der Waals surface area contributed by atoms with Crippen LogP contribution in [0, 0.1) is 13.8 Å². The van der Waals surface area contributed by atoms with Crippen LogP contribution in [0.1, 0.15) is 25.2 Å². The van der Waals surface area contributed by atoms with Crippen molar-refractivity contribution in [1.29, 1.82) is 0 Å². The normalized spacial score (nSPS) is 9.75. The molecule has 1 rings (SSSR count). The summed E-state index contributed by atoms with van der Waals surface area (Å²) in [5, 5.41) is 0. The number of nitrogens with zero attached hydrogens (tertiary/aromatic N) is 2. The third-order valence-electron chi connectivity index (χ3n) is 1.64. The van der Waals surface area contributed by atoms with Crippen LogP contribution in [0.15, 0.2) is 0 Å². The minimum atomic E-state index is -0.475. The number of hydrogen-bond acceptors (Lipinski definition) is 6. The molecule has 0 N–H and O–H groups in total. The summed E-state index contributed by atoms with van der Waals surface area (Å²) in [7, 11) is 0. The van der Waals surface area contributed by atoms with Gasteiger partial charge in [-0.15, -0.1) is 0 Å². The highest BCUT2D eigenvalue weighted by atomic mass is 16.5. The fourth-order valence-corrected chi connectivity index (χ4v) is 1.03. The van der Waals surface area contributed by atoms with Crippen LogP contribution < -0.4 is 9.47 Å². The average molecular weight is 224 g/mol. The van der Waals surface area contributed by atoms with Crippen LogP contribution >= 0.6 is 0 Å². The van der Waals surface area contributed by atoms with E-state index in [1.165, 1.54) is 13.8 Å². The van der Waals surface area contributed by atoms with Crippen molar-refractivity contribution >= 4 is 11.9 Å². The molecule has 6 nitrogen and oxygen atoms in total. The van der Waals surface area contributed by atoms with Gasteiger partial charge in [-0.2, -0.15) is 0 Å². The van der Waals surface area contributed by atoms with Crippen molar-refractivity contribution in [2.75, 3.05) is 0 Å². The molecule has 0 radical (unpaired) electrons. The summed E-state index contributed by atoms with van der Waals surface area (Å²) in [6.45, 7) is 5.77.